The average Bonchev–Trinajstić information content (AvgIpc) is 2.79. The number of rotatable bonds is 8. The third-order valence-corrected chi connectivity index (χ3v) is 6.67. The van der Waals surface area contributed by atoms with Crippen molar-refractivity contribution in [3.8, 4) is 5.75 Å². The van der Waals surface area contributed by atoms with Gasteiger partial charge in [0.1, 0.15) is 5.75 Å². The first-order valence-electron chi connectivity index (χ1n) is 10.3. The number of benzene rings is 2. The van der Waals surface area contributed by atoms with Crippen LogP contribution < -0.4 is 10.1 Å². The maximum atomic E-state index is 12.9. The van der Waals surface area contributed by atoms with Crippen molar-refractivity contribution in [2.24, 2.45) is 0 Å². The number of carbonyl (C=O) groups excluding carboxylic acids is 1. The number of likely N-dealkylation sites (tertiary alicyclic amines) is 1. The van der Waals surface area contributed by atoms with Crippen LogP contribution in [0.4, 0.5) is 5.69 Å². The van der Waals surface area contributed by atoms with Crippen LogP contribution in [0, 0.1) is 10.1 Å². The molecular formula is C22H27N3O6S. The van der Waals surface area contributed by atoms with Crippen LogP contribution in [-0.4, -0.2) is 57.1 Å². The summed E-state index contributed by atoms with van der Waals surface area (Å²) in [6.07, 6.45) is 4.26. The van der Waals surface area contributed by atoms with Gasteiger partial charge in [0.2, 0.25) is 0 Å². The van der Waals surface area contributed by atoms with E-state index < -0.39 is 26.4 Å². The maximum Gasteiger partial charge on any atom is 0.271 e. The molecular weight excluding hydrogens is 434 g/mol. The van der Waals surface area contributed by atoms with E-state index in [2.05, 4.69) is 10.2 Å². The molecule has 2 aromatic carbocycles. The smallest absolute Gasteiger partial charge is 0.271 e. The first-order chi connectivity index (χ1) is 15.2. The van der Waals surface area contributed by atoms with Gasteiger partial charge in [-0.25, -0.2) is 8.42 Å². The summed E-state index contributed by atoms with van der Waals surface area (Å²) >= 11 is 0. The minimum atomic E-state index is -3.72. The summed E-state index contributed by atoms with van der Waals surface area (Å²) < 4.78 is 29.1. The molecule has 1 heterocycles. The highest BCUT2D eigenvalue weighted by Crippen LogP contribution is 2.26. The number of methoxy groups -OCH3 is 1. The number of ether oxygens (including phenoxy) is 1. The molecule has 1 unspecified atom stereocenters. The molecule has 0 saturated carbocycles. The van der Waals surface area contributed by atoms with Gasteiger partial charge in [-0.15, -0.1) is 0 Å². The van der Waals surface area contributed by atoms with Crippen molar-refractivity contribution in [1.29, 1.82) is 0 Å². The quantitative estimate of drug-likeness (QED) is 0.474. The number of carbonyl (C=O) groups is 1. The highest BCUT2D eigenvalue weighted by molar-refractivity contribution is 7.90. The van der Waals surface area contributed by atoms with Crippen molar-refractivity contribution in [3.05, 3.63) is 63.7 Å². The molecule has 1 N–H and O–H groups in total. The molecule has 0 aliphatic carbocycles. The van der Waals surface area contributed by atoms with E-state index in [0.29, 0.717) is 0 Å². The topological polar surface area (TPSA) is 119 Å². The number of nitrogens with zero attached hydrogens (tertiary/aromatic N) is 2. The van der Waals surface area contributed by atoms with Crippen LogP contribution in [0.25, 0.3) is 0 Å². The molecule has 0 aromatic heterocycles. The fraction of sp³-hybridized carbons (Fsp3) is 0.409. The van der Waals surface area contributed by atoms with Crippen LogP contribution in [0.1, 0.15) is 41.2 Å². The lowest BCUT2D eigenvalue weighted by Gasteiger charge is -2.35. The van der Waals surface area contributed by atoms with Gasteiger partial charge in [0.15, 0.2) is 9.84 Å². The van der Waals surface area contributed by atoms with Crippen LogP contribution in [0.15, 0.2) is 47.4 Å². The first-order valence-corrected chi connectivity index (χ1v) is 12.2. The molecule has 9 nitrogen and oxygen atoms in total. The van der Waals surface area contributed by atoms with E-state index in [1.165, 1.54) is 12.5 Å². The lowest BCUT2D eigenvalue weighted by molar-refractivity contribution is -0.385. The van der Waals surface area contributed by atoms with Gasteiger partial charge in [-0.2, -0.15) is 0 Å². The number of non-ortho nitro benzene ring substituents is 1. The van der Waals surface area contributed by atoms with Crippen LogP contribution in [-0.2, 0) is 9.84 Å². The van der Waals surface area contributed by atoms with E-state index in [1.807, 2.05) is 24.3 Å². The lowest BCUT2D eigenvalue weighted by Crippen LogP contribution is -2.40. The predicted octanol–water partition coefficient (Wildman–Crippen LogP) is 2.96. The van der Waals surface area contributed by atoms with Gasteiger partial charge in [0.05, 0.1) is 23.0 Å². The molecule has 0 spiro atoms. The van der Waals surface area contributed by atoms with Gasteiger partial charge < -0.3 is 10.1 Å². The van der Waals surface area contributed by atoms with Crippen molar-refractivity contribution in [1.82, 2.24) is 10.2 Å². The summed E-state index contributed by atoms with van der Waals surface area (Å²) in [4.78, 5) is 25.4. The van der Waals surface area contributed by atoms with Gasteiger partial charge in [-0.05, 0) is 49.7 Å². The Morgan fingerprint density at radius 2 is 1.81 bits per heavy atom. The van der Waals surface area contributed by atoms with Crippen LogP contribution in [0.2, 0.25) is 0 Å². The number of hydrogen-bond acceptors (Lipinski definition) is 7. The van der Waals surface area contributed by atoms with Gasteiger partial charge >= 0.3 is 0 Å². The Balaban J connectivity index is 1.84. The molecule has 3 rings (SSSR count). The second-order valence-electron chi connectivity index (χ2n) is 7.84. The zero-order chi connectivity index (χ0) is 23.3. The number of piperidine rings is 1. The number of nitrogens with one attached hydrogen (secondary N) is 1. The Morgan fingerprint density at radius 1 is 1.16 bits per heavy atom. The van der Waals surface area contributed by atoms with Crippen LogP contribution in [0.3, 0.4) is 0 Å². The Kier molecular flexibility index (Phi) is 7.47. The van der Waals surface area contributed by atoms with Crippen molar-refractivity contribution in [3.63, 3.8) is 0 Å². The van der Waals surface area contributed by atoms with E-state index in [4.69, 9.17) is 4.74 Å². The fourth-order valence-corrected chi connectivity index (χ4v) is 4.52. The van der Waals surface area contributed by atoms with E-state index >= 15 is 0 Å². The monoisotopic (exact) mass is 461 g/mol. The normalized spacial score (nSPS) is 15.7. The molecule has 1 fully saturated rings. The molecule has 32 heavy (non-hydrogen) atoms. The summed E-state index contributed by atoms with van der Waals surface area (Å²) in [6.45, 7) is 2.09. The van der Waals surface area contributed by atoms with E-state index in [0.717, 1.165) is 55.6 Å². The molecule has 0 bridgehead atoms. The van der Waals surface area contributed by atoms with E-state index in [-0.39, 0.29) is 23.0 Å². The second-order valence-corrected chi connectivity index (χ2v) is 9.86. The van der Waals surface area contributed by atoms with E-state index in [9.17, 15) is 23.3 Å². The lowest BCUT2D eigenvalue weighted by atomic mass is 10.0. The second kappa shape index (κ2) is 10.1. The van der Waals surface area contributed by atoms with Crippen LogP contribution in [0.5, 0.6) is 5.75 Å². The Bertz CT molecular complexity index is 1080. The van der Waals surface area contributed by atoms with E-state index in [1.54, 1.807) is 7.11 Å². The fourth-order valence-electron chi connectivity index (χ4n) is 3.84. The minimum absolute atomic E-state index is 0.0632. The molecule has 172 valence electrons. The Hall–Kier alpha value is -2.98. The number of sulfone groups is 1. The van der Waals surface area contributed by atoms with Gasteiger partial charge in [-0.1, -0.05) is 18.6 Å². The van der Waals surface area contributed by atoms with Gasteiger partial charge in [0.25, 0.3) is 11.6 Å². The zero-order valence-corrected chi connectivity index (χ0v) is 18.9. The predicted molar refractivity (Wildman–Crippen MR) is 120 cm³/mol. The summed E-state index contributed by atoms with van der Waals surface area (Å²) in [5.74, 6) is 0.175. The number of hydrogen-bond donors (Lipinski definition) is 1. The highest BCUT2D eigenvalue weighted by Gasteiger charge is 2.24. The number of amides is 1. The molecule has 1 aliphatic heterocycles. The Labute approximate surface area is 187 Å². The number of nitro benzene ring substituents is 1. The third-order valence-electron chi connectivity index (χ3n) is 5.58. The molecule has 10 heteroatoms. The summed E-state index contributed by atoms with van der Waals surface area (Å²) in [5, 5.41) is 14.1. The summed E-state index contributed by atoms with van der Waals surface area (Å²) in [5.41, 5.74) is 0.511. The SMILES string of the molecule is COc1ccc(C(CNC(=O)c2cc([N+](=O)[O-])cc(S(C)(=O)=O)c2)N2CCCCC2)cc1. The van der Waals surface area contributed by atoms with Crippen molar-refractivity contribution in [2.45, 2.75) is 30.2 Å². The minimum Gasteiger partial charge on any atom is -0.497 e. The molecule has 1 aliphatic rings. The zero-order valence-electron chi connectivity index (χ0n) is 18.1. The molecule has 1 saturated heterocycles. The Morgan fingerprint density at radius 3 is 2.38 bits per heavy atom. The van der Waals surface area contributed by atoms with Crippen molar-refractivity contribution < 1.29 is 22.9 Å². The average molecular weight is 462 g/mol. The third kappa shape index (κ3) is 5.83. The largest absolute Gasteiger partial charge is 0.497 e. The van der Waals surface area contributed by atoms with Gasteiger partial charge in [-0.3, -0.25) is 19.8 Å². The van der Waals surface area contributed by atoms with Gasteiger partial charge in [0, 0.05) is 30.5 Å². The molecule has 0 radical (unpaired) electrons. The first kappa shape index (κ1) is 23.7. The highest BCUT2D eigenvalue weighted by atomic mass is 32.2. The molecule has 2 aromatic rings. The standard InChI is InChI=1S/C22H27N3O6S/c1-31-19-8-6-16(7-9-19)21(24-10-4-3-5-11-24)15-23-22(26)17-12-18(25(27)28)14-20(13-17)32(2,29)30/h6-9,12-14,21H,3-5,10-11,15H2,1-2H3,(H,23,26). The summed E-state index contributed by atoms with van der Waals surface area (Å²) in [7, 11) is -2.12. The maximum absolute atomic E-state index is 12.9. The summed E-state index contributed by atoms with van der Waals surface area (Å²) in [6, 6.07) is 10.8. The number of nitro groups is 1. The van der Waals surface area contributed by atoms with Crippen LogP contribution >= 0.6 is 0 Å². The molecule has 1 atom stereocenters. The van der Waals surface area contributed by atoms with Crippen molar-refractivity contribution >= 4 is 21.4 Å². The van der Waals surface area contributed by atoms with Crippen molar-refractivity contribution in [2.75, 3.05) is 33.0 Å². The molecule has 1 amide bonds.